The van der Waals surface area contributed by atoms with Gasteiger partial charge in [-0.25, -0.2) is 0 Å². The number of ether oxygens (including phenoxy) is 3. The van der Waals surface area contributed by atoms with Crippen LogP contribution in [0.2, 0.25) is 0 Å². The van der Waals surface area contributed by atoms with E-state index < -0.39 is 6.10 Å². The molecule has 0 aromatic carbocycles. The summed E-state index contributed by atoms with van der Waals surface area (Å²) in [5.41, 5.74) is 0. The van der Waals surface area contributed by atoms with Crippen molar-refractivity contribution in [2.45, 2.75) is 354 Å². The zero-order valence-electron chi connectivity index (χ0n) is 49.6. The van der Waals surface area contributed by atoms with Gasteiger partial charge in [0.25, 0.3) is 0 Å². The Labute approximate surface area is 460 Å². The van der Waals surface area contributed by atoms with Crippen LogP contribution in [0, 0.1) is 0 Å². The molecule has 0 bridgehead atoms. The molecule has 0 aliphatic carbocycles. The highest BCUT2D eigenvalue weighted by Gasteiger charge is 2.19. The van der Waals surface area contributed by atoms with E-state index in [0.29, 0.717) is 19.3 Å². The highest BCUT2D eigenvalue weighted by Crippen LogP contribution is 2.18. The van der Waals surface area contributed by atoms with Crippen LogP contribution in [0.1, 0.15) is 348 Å². The van der Waals surface area contributed by atoms with Crippen LogP contribution in [-0.2, 0) is 28.6 Å². The Morgan fingerprint density at radius 3 is 0.824 bits per heavy atom. The minimum Gasteiger partial charge on any atom is -0.462 e. The molecular formula is C68H124O6. The van der Waals surface area contributed by atoms with Crippen LogP contribution >= 0.6 is 0 Å². The first-order valence-electron chi connectivity index (χ1n) is 32.6. The molecule has 0 aromatic heterocycles. The van der Waals surface area contributed by atoms with E-state index in [-0.39, 0.29) is 31.1 Å². The van der Waals surface area contributed by atoms with E-state index in [1.165, 1.54) is 225 Å². The number of carbonyl (C=O) groups is 3. The Balaban J connectivity index is 4.21. The molecule has 0 saturated heterocycles. The summed E-state index contributed by atoms with van der Waals surface area (Å²) in [5.74, 6) is -0.842. The van der Waals surface area contributed by atoms with Gasteiger partial charge in [0.1, 0.15) is 13.2 Å². The molecule has 1 atom stereocenters. The van der Waals surface area contributed by atoms with Crippen LogP contribution < -0.4 is 0 Å². The smallest absolute Gasteiger partial charge is 0.306 e. The van der Waals surface area contributed by atoms with Crippen LogP contribution in [-0.4, -0.2) is 37.2 Å². The lowest BCUT2D eigenvalue weighted by atomic mass is 10.0. The molecular weight excluding hydrogens is 913 g/mol. The second kappa shape index (κ2) is 62.9. The van der Waals surface area contributed by atoms with E-state index in [2.05, 4.69) is 69.4 Å². The molecule has 0 amide bonds. The Morgan fingerprint density at radius 1 is 0.284 bits per heavy atom. The molecule has 0 heterocycles. The Hall–Kier alpha value is -2.63. The van der Waals surface area contributed by atoms with Crippen molar-refractivity contribution in [3.05, 3.63) is 48.6 Å². The van der Waals surface area contributed by atoms with E-state index in [4.69, 9.17) is 14.2 Å². The summed E-state index contributed by atoms with van der Waals surface area (Å²) in [6.07, 6.45) is 78.3. The molecule has 0 radical (unpaired) electrons. The molecule has 74 heavy (non-hydrogen) atoms. The van der Waals surface area contributed by atoms with Crippen molar-refractivity contribution in [2.24, 2.45) is 0 Å². The highest BCUT2D eigenvalue weighted by molar-refractivity contribution is 5.71. The number of allylic oxidation sites excluding steroid dienone is 8. The molecule has 0 spiro atoms. The largest absolute Gasteiger partial charge is 0.462 e. The van der Waals surface area contributed by atoms with E-state index >= 15 is 0 Å². The predicted molar refractivity (Wildman–Crippen MR) is 321 cm³/mol. The first-order chi connectivity index (χ1) is 36.5. The van der Waals surface area contributed by atoms with Gasteiger partial charge in [-0.2, -0.15) is 0 Å². The summed E-state index contributed by atoms with van der Waals surface area (Å²) < 4.78 is 16.9. The molecule has 0 fully saturated rings. The van der Waals surface area contributed by atoms with Gasteiger partial charge in [-0.05, 0) is 57.8 Å². The SMILES string of the molecule is CC/C=C\C/C=C\C/C=C\C/C=C\CCCCCCCCCCCCCCCCC(=O)OCC(COC(=O)CCCCCCCCCCCCCCCC)OC(=O)CCCCCCCCCCCCCCCCC. The summed E-state index contributed by atoms with van der Waals surface area (Å²) in [5, 5.41) is 0. The van der Waals surface area contributed by atoms with E-state index in [9.17, 15) is 14.4 Å². The fourth-order valence-corrected chi connectivity index (χ4v) is 9.73. The average Bonchev–Trinajstić information content (AvgIpc) is 3.40. The summed E-state index contributed by atoms with van der Waals surface area (Å²) in [6, 6.07) is 0. The van der Waals surface area contributed by atoms with E-state index in [1.54, 1.807) is 0 Å². The van der Waals surface area contributed by atoms with Gasteiger partial charge in [-0.1, -0.05) is 320 Å². The number of esters is 3. The lowest BCUT2D eigenvalue weighted by Crippen LogP contribution is -2.30. The van der Waals surface area contributed by atoms with Gasteiger partial charge >= 0.3 is 17.9 Å². The first-order valence-corrected chi connectivity index (χ1v) is 32.6. The maximum absolute atomic E-state index is 12.9. The van der Waals surface area contributed by atoms with Crippen molar-refractivity contribution in [1.82, 2.24) is 0 Å². The second-order valence-corrected chi connectivity index (χ2v) is 22.0. The Kier molecular flexibility index (Phi) is 60.7. The second-order valence-electron chi connectivity index (χ2n) is 22.0. The molecule has 6 heteroatoms. The minimum absolute atomic E-state index is 0.0664. The summed E-state index contributed by atoms with van der Waals surface area (Å²) in [4.78, 5) is 38.3. The van der Waals surface area contributed by atoms with Crippen LogP contribution in [0.15, 0.2) is 48.6 Å². The number of carbonyl (C=O) groups excluding carboxylic acids is 3. The number of unbranched alkanes of at least 4 members (excludes halogenated alkanes) is 41. The van der Waals surface area contributed by atoms with E-state index in [1.807, 2.05) is 0 Å². The van der Waals surface area contributed by atoms with Gasteiger partial charge in [-0.3, -0.25) is 14.4 Å². The zero-order valence-corrected chi connectivity index (χ0v) is 49.6. The monoisotopic (exact) mass is 1040 g/mol. The van der Waals surface area contributed by atoms with Gasteiger partial charge in [0.2, 0.25) is 0 Å². The van der Waals surface area contributed by atoms with Crippen LogP contribution in [0.4, 0.5) is 0 Å². The molecule has 0 saturated carbocycles. The lowest BCUT2D eigenvalue weighted by molar-refractivity contribution is -0.167. The van der Waals surface area contributed by atoms with E-state index in [0.717, 1.165) is 83.5 Å². The topological polar surface area (TPSA) is 78.9 Å². The maximum Gasteiger partial charge on any atom is 0.306 e. The van der Waals surface area contributed by atoms with Gasteiger partial charge in [0.05, 0.1) is 0 Å². The van der Waals surface area contributed by atoms with Gasteiger partial charge < -0.3 is 14.2 Å². The van der Waals surface area contributed by atoms with Crippen molar-refractivity contribution in [1.29, 1.82) is 0 Å². The van der Waals surface area contributed by atoms with Crippen molar-refractivity contribution < 1.29 is 28.6 Å². The minimum atomic E-state index is -0.768. The van der Waals surface area contributed by atoms with Crippen molar-refractivity contribution in [2.75, 3.05) is 13.2 Å². The average molecular weight is 1040 g/mol. The molecule has 6 nitrogen and oxygen atoms in total. The van der Waals surface area contributed by atoms with Crippen LogP contribution in [0.3, 0.4) is 0 Å². The zero-order chi connectivity index (χ0) is 53.6. The third-order valence-electron chi connectivity index (χ3n) is 14.6. The van der Waals surface area contributed by atoms with Crippen molar-refractivity contribution >= 4 is 17.9 Å². The molecule has 0 N–H and O–H groups in total. The molecule has 0 aromatic rings. The number of hydrogen-bond donors (Lipinski definition) is 0. The van der Waals surface area contributed by atoms with Crippen molar-refractivity contribution in [3.63, 3.8) is 0 Å². The quantitative estimate of drug-likeness (QED) is 0.0261. The standard InChI is InChI=1S/C68H124O6/c1-4-7-10-13-16-19-22-25-28-29-30-31-32-33-34-35-36-37-38-39-41-43-46-49-52-55-58-61-67(70)73-64-65(63-72-66(69)60-57-54-51-48-45-42-27-24-21-18-15-12-9-6-3)74-68(71)62-59-56-53-50-47-44-40-26-23-20-17-14-11-8-5-2/h7,10,16,19,25,28,30-31,65H,4-6,8-9,11-15,17-18,20-24,26-27,29,32-64H2,1-3H3/b10-7-,19-16-,28-25-,31-30-. The molecule has 0 aliphatic rings. The Bertz CT molecular complexity index is 1280. The third-order valence-corrected chi connectivity index (χ3v) is 14.6. The number of rotatable bonds is 60. The molecule has 432 valence electrons. The van der Waals surface area contributed by atoms with Gasteiger partial charge in [-0.15, -0.1) is 0 Å². The lowest BCUT2D eigenvalue weighted by Gasteiger charge is -2.18. The summed E-state index contributed by atoms with van der Waals surface area (Å²) >= 11 is 0. The predicted octanol–water partition coefficient (Wildman–Crippen LogP) is 22.2. The normalized spacial score (nSPS) is 12.3. The maximum atomic E-state index is 12.9. The molecule has 0 aliphatic heterocycles. The first kappa shape index (κ1) is 71.4. The Morgan fingerprint density at radius 2 is 0.527 bits per heavy atom. The summed E-state index contributed by atoms with van der Waals surface area (Å²) in [6.45, 7) is 6.59. The summed E-state index contributed by atoms with van der Waals surface area (Å²) in [7, 11) is 0. The molecule has 1 unspecified atom stereocenters. The van der Waals surface area contributed by atoms with Crippen LogP contribution in [0.5, 0.6) is 0 Å². The van der Waals surface area contributed by atoms with Gasteiger partial charge in [0.15, 0.2) is 6.10 Å². The van der Waals surface area contributed by atoms with Gasteiger partial charge in [0, 0.05) is 19.3 Å². The highest BCUT2D eigenvalue weighted by atomic mass is 16.6. The fraction of sp³-hybridized carbons (Fsp3) is 0.838. The number of hydrogen-bond acceptors (Lipinski definition) is 6. The molecule has 0 rings (SSSR count). The fourth-order valence-electron chi connectivity index (χ4n) is 9.73. The third kappa shape index (κ3) is 60.2. The van der Waals surface area contributed by atoms with Crippen LogP contribution in [0.25, 0.3) is 0 Å². The van der Waals surface area contributed by atoms with Crippen molar-refractivity contribution in [3.8, 4) is 0 Å².